The van der Waals surface area contributed by atoms with E-state index in [9.17, 15) is 0 Å². The van der Waals surface area contributed by atoms with E-state index >= 15 is 0 Å². The highest BCUT2D eigenvalue weighted by atomic mass is 16.7. The summed E-state index contributed by atoms with van der Waals surface area (Å²) < 4.78 is 16.4. The fraction of sp³-hybridized carbons (Fsp3) is 0.538. The fourth-order valence-electron chi connectivity index (χ4n) is 1.87. The Bertz CT molecular complexity index is 366. The number of para-hydroxylation sites is 1. The van der Waals surface area contributed by atoms with E-state index in [4.69, 9.17) is 19.0 Å². The molecule has 1 aliphatic heterocycles. The number of hydrogen-bond donors (Lipinski definition) is 1. The van der Waals surface area contributed by atoms with Gasteiger partial charge in [0.2, 0.25) is 0 Å². The fourth-order valence-corrected chi connectivity index (χ4v) is 1.87. The van der Waals surface area contributed by atoms with Crippen LogP contribution in [0.15, 0.2) is 24.3 Å². The average molecular weight is 253 g/mol. The second kappa shape index (κ2) is 6.70. The van der Waals surface area contributed by atoms with E-state index in [1.165, 1.54) is 0 Å². The van der Waals surface area contributed by atoms with Crippen LogP contribution in [0.4, 0.5) is 0 Å². The molecule has 5 nitrogen and oxygen atoms in total. The number of rotatable bonds is 6. The van der Waals surface area contributed by atoms with E-state index in [-0.39, 0.29) is 12.3 Å². The molecule has 0 radical (unpaired) electrons. The quantitative estimate of drug-likeness (QED) is 0.781. The molecule has 1 fully saturated rings. The van der Waals surface area contributed by atoms with Crippen LogP contribution >= 0.6 is 0 Å². The van der Waals surface area contributed by atoms with Gasteiger partial charge in [-0.3, -0.25) is 0 Å². The van der Waals surface area contributed by atoms with Crippen molar-refractivity contribution in [2.24, 2.45) is 0 Å². The molecule has 1 atom stereocenters. The first-order valence-electron chi connectivity index (χ1n) is 6.04. The Labute approximate surface area is 107 Å². The Balaban J connectivity index is 1.97. The summed E-state index contributed by atoms with van der Waals surface area (Å²) in [5.74, 6) is 0.814. The van der Waals surface area contributed by atoms with Gasteiger partial charge in [-0.15, -0.1) is 0 Å². The van der Waals surface area contributed by atoms with E-state index in [0.29, 0.717) is 19.8 Å². The Kier molecular flexibility index (Phi) is 4.95. The molecule has 0 saturated carbocycles. The minimum atomic E-state index is -0.260. The van der Waals surface area contributed by atoms with Crippen molar-refractivity contribution < 1.29 is 19.0 Å². The summed E-state index contributed by atoms with van der Waals surface area (Å²) in [5.41, 5.74) is 3.93. The van der Waals surface area contributed by atoms with E-state index in [1.54, 1.807) is 7.11 Å². The molecule has 0 bridgehead atoms. The van der Waals surface area contributed by atoms with Gasteiger partial charge in [0.25, 0.3) is 0 Å². The van der Waals surface area contributed by atoms with Gasteiger partial charge in [0.15, 0.2) is 6.29 Å². The summed E-state index contributed by atoms with van der Waals surface area (Å²) >= 11 is 0. The third-order valence-corrected chi connectivity index (χ3v) is 2.75. The van der Waals surface area contributed by atoms with E-state index in [1.807, 2.05) is 31.2 Å². The van der Waals surface area contributed by atoms with Crippen molar-refractivity contribution >= 4 is 0 Å². The van der Waals surface area contributed by atoms with Crippen LogP contribution in [0, 0.1) is 0 Å². The third kappa shape index (κ3) is 3.43. The van der Waals surface area contributed by atoms with Crippen LogP contribution in [0.25, 0.3) is 0 Å². The van der Waals surface area contributed by atoms with Crippen LogP contribution in [0.3, 0.4) is 0 Å². The molecule has 1 heterocycles. The highest BCUT2D eigenvalue weighted by Gasteiger charge is 2.18. The molecular weight excluding hydrogens is 234 g/mol. The molecular formula is C13H19NO4. The third-order valence-electron chi connectivity index (χ3n) is 2.75. The summed E-state index contributed by atoms with van der Waals surface area (Å²) in [4.78, 5) is 4.94. The molecule has 1 aliphatic rings. The summed E-state index contributed by atoms with van der Waals surface area (Å²) in [5, 5.41) is 0. The van der Waals surface area contributed by atoms with Crippen LogP contribution in [0.5, 0.6) is 5.75 Å². The van der Waals surface area contributed by atoms with Gasteiger partial charge in [0.05, 0.1) is 26.4 Å². The SMILES string of the molecule is CONC(C)c1ccccc1OCC1OCCO1. The maximum absolute atomic E-state index is 5.74. The maximum Gasteiger partial charge on any atom is 0.191 e. The molecule has 18 heavy (non-hydrogen) atoms. The van der Waals surface area contributed by atoms with Crippen LogP contribution in [0.2, 0.25) is 0 Å². The molecule has 1 aromatic carbocycles. The topological polar surface area (TPSA) is 49.0 Å². The maximum atomic E-state index is 5.74. The van der Waals surface area contributed by atoms with E-state index in [0.717, 1.165) is 11.3 Å². The van der Waals surface area contributed by atoms with Crippen molar-refractivity contribution in [3.05, 3.63) is 29.8 Å². The normalized spacial score (nSPS) is 17.9. The second-order valence-corrected chi connectivity index (χ2v) is 4.06. The zero-order chi connectivity index (χ0) is 12.8. The van der Waals surface area contributed by atoms with Crippen molar-refractivity contribution in [1.82, 2.24) is 5.48 Å². The summed E-state index contributed by atoms with van der Waals surface area (Å²) in [7, 11) is 1.60. The lowest BCUT2D eigenvalue weighted by atomic mass is 10.1. The molecule has 1 unspecified atom stereocenters. The molecule has 0 aliphatic carbocycles. The molecule has 1 N–H and O–H groups in total. The molecule has 5 heteroatoms. The number of hydroxylamine groups is 1. The predicted octanol–water partition coefficient (Wildman–Crippen LogP) is 1.65. The van der Waals surface area contributed by atoms with Gasteiger partial charge in [-0.25, -0.2) is 0 Å². The minimum Gasteiger partial charge on any atom is -0.488 e. The van der Waals surface area contributed by atoms with Crippen molar-refractivity contribution in [1.29, 1.82) is 0 Å². The van der Waals surface area contributed by atoms with Crippen LogP contribution in [-0.4, -0.2) is 33.2 Å². The number of hydrogen-bond acceptors (Lipinski definition) is 5. The van der Waals surface area contributed by atoms with E-state index in [2.05, 4.69) is 5.48 Å². The molecule has 2 rings (SSSR count). The van der Waals surface area contributed by atoms with Crippen LogP contribution in [0.1, 0.15) is 18.5 Å². The summed E-state index contributed by atoms with van der Waals surface area (Å²) in [6.07, 6.45) is -0.260. The molecule has 0 aromatic heterocycles. The minimum absolute atomic E-state index is 0.0524. The van der Waals surface area contributed by atoms with Crippen molar-refractivity contribution in [2.75, 3.05) is 26.9 Å². The number of nitrogens with one attached hydrogen (secondary N) is 1. The lowest BCUT2D eigenvalue weighted by Gasteiger charge is -2.18. The summed E-state index contributed by atoms with van der Waals surface area (Å²) in [6.45, 7) is 3.68. The second-order valence-electron chi connectivity index (χ2n) is 4.06. The zero-order valence-electron chi connectivity index (χ0n) is 10.7. The summed E-state index contributed by atoms with van der Waals surface area (Å²) in [6, 6.07) is 7.89. The van der Waals surface area contributed by atoms with Crippen molar-refractivity contribution in [3.8, 4) is 5.75 Å². The molecule has 0 amide bonds. The average Bonchev–Trinajstić information content (AvgIpc) is 2.90. The van der Waals surface area contributed by atoms with Gasteiger partial charge in [0, 0.05) is 5.56 Å². The van der Waals surface area contributed by atoms with E-state index < -0.39 is 0 Å². The first kappa shape index (κ1) is 13.3. The highest BCUT2D eigenvalue weighted by molar-refractivity contribution is 5.35. The van der Waals surface area contributed by atoms with Crippen LogP contribution in [-0.2, 0) is 14.3 Å². The smallest absolute Gasteiger partial charge is 0.191 e. The zero-order valence-corrected chi connectivity index (χ0v) is 10.7. The molecule has 0 spiro atoms. The van der Waals surface area contributed by atoms with Gasteiger partial charge < -0.3 is 19.0 Å². The van der Waals surface area contributed by atoms with Crippen LogP contribution < -0.4 is 10.2 Å². The van der Waals surface area contributed by atoms with Crippen molar-refractivity contribution in [2.45, 2.75) is 19.3 Å². The van der Waals surface area contributed by atoms with Crippen molar-refractivity contribution in [3.63, 3.8) is 0 Å². The predicted molar refractivity (Wildman–Crippen MR) is 66.2 cm³/mol. The van der Waals surface area contributed by atoms with Gasteiger partial charge >= 0.3 is 0 Å². The lowest BCUT2D eigenvalue weighted by Crippen LogP contribution is -2.21. The van der Waals surface area contributed by atoms with Gasteiger partial charge in [-0.2, -0.15) is 5.48 Å². The molecule has 1 saturated heterocycles. The molecule has 1 aromatic rings. The standard InChI is InChI=1S/C13H19NO4/c1-10(14-15-2)11-5-3-4-6-12(11)18-9-13-16-7-8-17-13/h3-6,10,13-14H,7-9H2,1-2H3. The monoisotopic (exact) mass is 253 g/mol. The Hall–Kier alpha value is -1.14. The highest BCUT2D eigenvalue weighted by Crippen LogP contribution is 2.25. The van der Waals surface area contributed by atoms with Gasteiger partial charge in [-0.1, -0.05) is 18.2 Å². The number of benzene rings is 1. The Morgan fingerprint density at radius 2 is 2.06 bits per heavy atom. The van der Waals surface area contributed by atoms with Gasteiger partial charge in [-0.05, 0) is 13.0 Å². The lowest BCUT2D eigenvalue weighted by molar-refractivity contribution is -0.0687. The van der Waals surface area contributed by atoms with Gasteiger partial charge in [0.1, 0.15) is 12.4 Å². The first-order chi connectivity index (χ1) is 8.81. The largest absolute Gasteiger partial charge is 0.488 e. The molecule has 100 valence electrons. The Morgan fingerprint density at radius 1 is 1.33 bits per heavy atom. The number of ether oxygens (including phenoxy) is 3. The Morgan fingerprint density at radius 3 is 2.78 bits per heavy atom. The first-order valence-corrected chi connectivity index (χ1v) is 6.04.